The molecule has 1 unspecified atom stereocenters. The topological polar surface area (TPSA) is 6.48 Å². The van der Waals surface area contributed by atoms with Gasteiger partial charge in [0.25, 0.3) is 0 Å². The number of hydrogen-bond donors (Lipinski definition) is 0. The molecule has 232 valence electrons. The number of rotatable bonds is 31. The summed E-state index contributed by atoms with van der Waals surface area (Å²) in [5.41, 5.74) is 0. The van der Waals surface area contributed by atoms with E-state index in [1.165, 1.54) is 199 Å². The Labute approximate surface area is 248 Å². The predicted molar refractivity (Wildman–Crippen MR) is 177 cm³/mol. The lowest BCUT2D eigenvalue weighted by molar-refractivity contribution is 0.135. The molecule has 2 nitrogen and oxygen atoms in total. The minimum Gasteiger partial charge on any atom is -0.356 e. The standard InChI is InChI=1S/C37H74N2/c1-4-7-10-13-15-17-19-21-23-25-27-29-32-37-38(33-30-12-9-6-3)35-36-39(37)34-31-28-26-24-22-20-18-16-14-11-8-5-2/h35-37H,4-34H2,1-3H3. The van der Waals surface area contributed by atoms with E-state index in [2.05, 4.69) is 43.0 Å². The SMILES string of the molecule is CCCCCCCCCCCCCCC1N(CCCCCC)C=CN1CCCCCCCCCCCCCC. The molecular formula is C37H74N2. The molecule has 0 aromatic rings. The van der Waals surface area contributed by atoms with Crippen molar-refractivity contribution < 1.29 is 0 Å². The van der Waals surface area contributed by atoms with Gasteiger partial charge in [-0.05, 0) is 25.7 Å². The molecule has 1 rings (SSSR count). The average molecular weight is 547 g/mol. The van der Waals surface area contributed by atoms with Gasteiger partial charge in [0.15, 0.2) is 0 Å². The lowest BCUT2D eigenvalue weighted by atomic mass is 10.0. The first kappa shape index (κ1) is 36.4. The van der Waals surface area contributed by atoms with Crippen molar-refractivity contribution in [1.82, 2.24) is 9.80 Å². The highest BCUT2D eigenvalue weighted by Gasteiger charge is 2.24. The first-order chi connectivity index (χ1) is 19.3. The van der Waals surface area contributed by atoms with Gasteiger partial charge in [0.2, 0.25) is 0 Å². The molecule has 0 amide bonds. The molecule has 1 aliphatic heterocycles. The molecule has 0 saturated heterocycles. The van der Waals surface area contributed by atoms with Gasteiger partial charge in [-0.3, -0.25) is 0 Å². The van der Waals surface area contributed by atoms with Crippen LogP contribution in [0.15, 0.2) is 12.4 Å². The van der Waals surface area contributed by atoms with Crippen molar-refractivity contribution in [2.24, 2.45) is 0 Å². The van der Waals surface area contributed by atoms with Gasteiger partial charge in [0.05, 0.1) is 0 Å². The summed E-state index contributed by atoms with van der Waals surface area (Å²) < 4.78 is 0. The van der Waals surface area contributed by atoms with Crippen LogP contribution in [0.3, 0.4) is 0 Å². The molecule has 0 radical (unpaired) electrons. The Morgan fingerprint density at radius 3 is 0.923 bits per heavy atom. The molecule has 1 aliphatic rings. The van der Waals surface area contributed by atoms with E-state index >= 15 is 0 Å². The quantitative estimate of drug-likeness (QED) is 0.0798. The number of unbranched alkanes of at least 4 members (excludes halogenated alkanes) is 25. The van der Waals surface area contributed by atoms with Crippen molar-refractivity contribution in [3.8, 4) is 0 Å². The third-order valence-electron chi connectivity index (χ3n) is 9.07. The van der Waals surface area contributed by atoms with E-state index in [9.17, 15) is 0 Å². The zero-order chi connectivity index (χ0) is 28.1. The van der Waals surface area contributed by atoms with E-state index in [-0.39, 0.29) is 0 Å². The Morgan fingerprint density at radius 2 is 0.590 bits per heavy atom. The molecule has 0 spiro atoms. The molecule has 1 atom stereocenters. The summed E-state index contributed by atoms with van der Waals surface area (Å²) in [7, 11) is 0. The highest BCUT2D eigenvalue weighted by atomic mass is 15.4. The zero-order valence-electron chi connectivity index (χ0n) is 27.5. The molecule has 0 N–H and O–H groups in total. The van der Waals surface area contributed by atoms with Crippen LogP contribution in [-0.2, 0) is 0 Å². The largest absolute Gasteiger partial charge is 0.356 e. The summed E-state index contributed by atoms with van der Waals surface area (Å²) in [6, 6.07) is 0. The van der Waals surface area contributed by atoms with Gasteiger partial charge >= 0.3 is 0 Å². The van der Waals surface area contributed by atoms with Crippen LogP contribution < -0.4 is 0 Å². The second-order valence-corrected chi connectivity index (χ2v) is 12.9. The van der Waals surface area contributed by atoms with Gasteiger partial charge in [-0.15, -0.1) is 0 Å². The number of nitrogens with zero attached hydrogens (tertiary/aromatic N) is 2. The van der Waals surface area contributed by atoms with Crippen molar-refractivity contribution in [3.63, 3.8) is 0 Å². The lowest BCUT2D eigenvalue weighted by Gasteiger charge is -2.33. The molecule has 0 aromatic heterocycles. The van der Waals surface area contributed by atoms with Gasteiger partial charge in [-0.1, -0.05) is 181 Å². The summed E-state index contributed by atoms with van der Waals surface area (Å²) in [5.74, 6) is 0. The van der Waals surface area contributed by atoms with Crippen molar-refractivity contribution in [2.45, 2.75) is 213 Å². The van der Waals surface area contributed by atoms with Crippen LogP contribution in [0.5, 0.6) is 0 Å². The summed E-state index contributed by atoms with van der Waals surface area (Å²) in [6.45, 7) is 9.47. The van der Waals surface area contributed by atoms with Crippen LogP contribution in [0.2, 0.25) is 0 Å². The summed E-state index contributed by atoms with van der Waals surface area (Å²) in [6.07, 6.45) is 47.0. The van der Waals surface area contributed by atoms with Gasteiger partial charge in [0, 0.05) is 25.5 Å². The normalized spacial score (nSPS) is 15.2. The van der Waals surface area contributed by atoms with Crippen LogP contribution >= 0.6 is 0 Å². The molecule has 2 heteroatoms. The van der Waals surface area contributed by atoms with Crippen LogP contribution in [0.25, 0.3) is 0 Å². The van der Waals surface area contributed by atoms with Crippen LogP contribution in [0.1, 0.15) is 207 Å². The maximum absolute atomic E-state index is 2.70. The van der Waals surface area contributed by atoms with Crippen molar-refractivity contribution in [1.29, 1.82) is 0 Å². The first-order valence-corrected chi connectivity index (χ1v) is 18.5. The van der Waals surface area contributed by atoms with Crippen molar-refractivity contribution in [2.75, 3.05) is 13.1 Å². The van der Waals surface area contributed by atoms with E-state index in [4.69, 9.17) is 0 Å². The van der Waals surface area contributed by atoms with Crippen LogP contribution in [0, 0.1) is 0 Å². The highest BCUT2D eigenvalue weighted by Crippen LogP contribution is 2.24. The van der Waals surface area contributed by atoms with Crippen LogP contribution in [-0.4, -0.2) is 29.1 Å². The lowest BCUT2D eigenvalue weighted by Crippen LogP contribution is -2.39. The van der Waals surface area contributed by atoms with Gasteiger partial charge in [0.1, 0.15) is 6.17 Å². The zero-order valence-corrected chi connectivity index (χ0v) is 27.5. The summed E-state index contributed by atoms with van der Waals surface area (Å²) in [4.78, 5) is 5.39. The predicted octanol–water partition coefficient (Wildman–Crippen LogP) is 12.8. The third kappa shape index (κ3) is 21.7. The summed E-state index contributed by atoms with van der Waals surface area (Å²) in [5, 5.41) is 0. The smallest absolute Gasteiger partial charge is 0.101 e. The number of hydrogen-bond acceptors (Lipinski definition) is 2. The maximum atomic E-state index is 2.70. The fraction of sp³-hybridized carbons (Fsp3) is 0.946. The molecule has 1 heterocycles. The maximum Gasteiger partial charge on any atom is 0.101 e. The Kier molecular flexibility index (Phi) is 26.9. The van der Waals surface area contributed by atoms with E-state index in [0.717, 1.165) is 0 Å². The van der Waals surface area contributed by atoms with Gasteiger partial charge in [-0.25, -0.2) is 0 Å². The second-order valence-electron chi connectivity index (χ2n) is 12.9. The molecule has 0 saturated carbocycles. The van der Waals surface area contributed by atoms with Gasteiger partial charge < -0.3 is 9.80 Å². The van der Waals surface area contributed by atoms with Crippen molar-refractivity contribution >= 4 is 0 Å². The molecule has 0 aromatic carbocycles. The summed E-state index contributed by atoms with van der Waals surface area (Å²) >= 11 is 0. The fourth-order valence-electron chi connectivity index (χ4n) is 6.36. The average Bonchev–Trinajstić information content (AvgIpc) is 3.33. The Morgan fingerprint density at radius 1 is 0.333 bits per heavy atom. The Balaban J connectivity index is 2.15. The Hall–Kier alpha value is -0.660. The highest BCUT2D eigenvalue weighted by molar-refractivity contribution is 4.97. The van der Waals surface area contributed by atoms with E-state index in [0.29, 0.717) is 6.17 Å². The van der Waals surface area contributed by atoms with E-state index in [1.54, 1.807) is 0 Å². The first-order valence-electron chi connectivity index (χ1n) is 18.5. The molecule has 0 bridgehead atoms. The van der Waals surface area contributed by atoms with E-state index < -0.39 is 0 Å². The minimum absolute atomic E-state index is 0.641. The molecule has 0 fully saturated rings. The van der Waals surface area contributed by atoms with Crippen molar-refractivity contribution in [3.05, 3.63) is 12.4 Å². The second kappa shape index (κ2) is 28.9. The Bertz CT molecular complexity index is 502. The third-order valence-corrected chi connectivity index (χ3v) is 9.07. The van der Waals surface area contributed by atoms with Crippen LogP contribution in [0.4, 0.5) is 0 Å². The van der Waals surface area contributed by atoms with Gasteiger partial charge in [-0.2, -0.15) is 0 Å². The molecule has 0 aliphatic carbocycles. The minimum atomic E-state index is 0.641. The fourth-order valence-corrected chi connectivity index (χ4v) is 6.36. The molecule has 39 heavy (non-hydrogen) atoms. The van der Waals surface area contributed by atoms with E-state index in [1.807, 2.05) is 0 Å². The molecular weight excluding hydrogens is 472 g/mol. The monoisotopic (exact) mass is 547 g/mol.